The number of hydrogen-bond donors (Lipinski definition) is 2. The molecule has 2 rings (SSSR count). The molecule has 0 bridgehead atoms. The van der Waals surface area contributed by atoms with Gasteiger partial charge >= 0.3 is 0 Å². The molecule has 3 heteroatoms. The van der Waals surface area contributed by atoms with E-state index >= 15 is 0 Å². The molecule has 1 aromatic carbocycles. The Kier molecular flexibility index (Phi) is 5.83. The van der Waals surface area contributed by atoms with Crippen molar-refractivity contribution in [3.63, 3.8) is 0 Å². The van der Waals surface area contributed by atoms with Crippen LogP contribution < -0.4 is 11.1 Å². The summed E-state index contributed by atoms with van der Waals surface area (Å²) in [6.45, 7) is 2.47. The summed E-state index contributed by atoms with van der Waals surface area (Å²) in [6.07, 6.45) is 6.38. The van der Waals surface area contributed by atoms with Gasteiger partial charge in [-0.1, -0.05) is 31.1 Å². The molecule has 3 N–H and O–H groups in total. The first-order chi connectivity index (χ1) is 10.2. The lowest BCUT2D eigenvalue weighted by Crippen LogP contribution is -2.38. The van der Waals surface area contributed by atoms with E-state index in [2.05, 4.69) is 24.1 Å². The fraction of sp³-hybridized carbons (Fsp3) is 0.500. The average molecular weight is 284 g/mol. The lowest BCUT2D eigenvalue weighted by molar-refractivity contribution is 0.0919. The van der Waals surface area contributed by atoms with E-state index in [9.17, 15) is 4.79 Å². The molecule has 3 nitrogen and oxygen atoms in total. The van der Waals surface area contributed by atoms with Crippen LogP contribution in [0.15, 0.2) is 24.3 Å². The van der Waals surface area contributed by atoms with Gasteiger partial charge in [-0.05, 0) is 49.9 Å². The minimum absolute atomic E-state index is 0.00593. The van der Waals surface area contributed by atoms with Crippen LogP contribution in [-0.2, 0) is 0 Å². The molecular formula is C18H24N2O. The van der Waals surface area contributed by atoms with Gasteiger partial charge in [0, 0.05) is 17.2 Å². The quantitative estimate of drug-likeness (QED) is 0.839. The van der Waals surface area contributed by atoms with Crippen LogP contribution in [0.4, 0.5) is 0 Å². The summed E-state index contributed by atoms with van der Waals surface area (Å²) >= 11 is 0. The van der Waals surface area contributed by atoms with Gasteiger partial charge in [0.25, 0.3) is 5.91 Å². The van der Waals surface area contributed by atoms with Crippen LogP contribution in [-0.4, -0.2) is 18.5 Å². The molecule has 1 aliphatic carbocycles. The Morgan fingerprint density at radius 3 is 2.57 bits per heavy atom. The van der Waals surface area contributed by atoms with Gasteiger partial charge in [0.15, 0.2) is 0 Å². The Morgan fingerprint density at radius 2 is 1.95 bits per heavy atom. The van der Waals surface area contributed by atoms with Gasteiger partial charge in [0.05, 0.1) is 6.54 Å². The highest BCUT2D eigenvalue weighted by Gasteiger charge is 2.21. The summed E-state index contributed by atoms with van der Waals surface area (Å²) in [4.78, 5) is 12.3. The van der Waals surface area contributed by atoms with Gasteiger partial charge in [-0.15, -0.1) is 0 Å². The van der Waals surface area contributed by atoms with Crippen molar-refractivity contribution < 1.29 is 4.79 Å². The maximum absolute atomic E-state index is 12.3. The Hall–Kier alpha value is -1.79. The van der Waals surface area contributed by atoms with E-state index in [1.165, 1.54) is 32.1 Å². The number of carbonyl (C=O) groups is 1. The van der Waals surface area contributed by atoms with Gasteiger partial charge in [0.1, 0.15) is 0 Å². The zero-order valence-corrected chi connectivity index (χ0v) is 12.7. The van der Waals surface area contributed by atoms with Crippen LogP contribution in [0.25, 0.3) is 0 Å². The molecule has 0 aromatic heterocycles. The molecule has 0 heterocycles. The van der Waals surface area contributed by atoms with Crippen molar-refractivity contribution in [3.8, 4) is 11.8 Å². The van der Waals surface area contributed by atoms with Crippen molar-refractivity contribution in [2.24, 2.45) is 11.7 Å². The topological polar surface area (TPSA) is 55.1 Å². The molecule has 1 aliphatic rings. The molecule has 0 radical (unpaired) electrons. The molecule has 1 unspecified atom stereocenters. The van der Waals surface area contributed by atoms with Gasteiger partial charge in [0.2, 0.25) is 0 Å². The maximum atomic E-state index is 12.3. The second-order valence-electron chi connectivity index (χ2n) is 5.74. The lowest BCUT2D eigenvalue weighted by Gasteiger charge is -2.28. The number of hydrogen-bond acceptors (Lipinski definition) is 2. The Morgan fingerprint density at radius 1 is 1.29 bits per heavy atom. The molecule has 0 saturated heterocycles. The van der Waals surface area contributed by atoms with Crippen LogP contribution in [0.1, 0.15) is 54.9 Å². The van der Waals surface area contributed by atoms with Crippen LogP contribution in [0.5, 0.6) is 0 Å². The van der Waals surface area contributed by atoms with Crippen LogP contribution in [0.2, 0.25) is 0 Å². The minimum atomic E-state index is 0.00593. The van der Waals surface area contributed by atoms with Crippen molar-refractivity contribution in [2.45, 2.75) is 45.1 Å². The second kappa shape index (κ2) is 7.85. The SMILES string of the molecule is CC(NC(=O)c1ccc(C#CCN)cc1)C1CCCCC1. The molecule has 0 spiro atoms. The molecule has 1 fully saturated rings. The van der Waals surface area contributed by atoms with E-state index in [1.807, 2.05) is 24.3 Å². The lowest BCUT2D eigenvalue weighted by atomic mass is 9.84. The van der Waals surface area contributed by atoms with E-state index in [1.54, 1.807) is 0 Å². The maximum Gasteiger partial charge on any atom is 0.251 e. The normalized spacial score (nSPS) is 16.7. The standard InChI is InChI=1S/C18H24N2O/c1-14(16-7-3-2-4-8-16)20-18(21)17-11-9-15(10-12-17)6-5-13-19/h9-12,14,16H,2-4,7-8,13,19H2,1H3,(H,20,21). The van der Waals surface area contributed by atoms with Crippen LogP contribution in [0.3, 0.4) is 0 Å². The van der Waals surface area contributed by atoms with Crippen molar-refractivity contribution in [3.05, 3.63) is 35.4 Å². The Balaban J connectivity index is 1.93. The van der Waals surface area contributed by atoms with Crippen molar-refractivity contribution in [1.29, 1.82) is 0 Å². The summed E-state index contributed by atoms with van der Waals surface area (Å²) < 4.78 is 0. The molecule has 1 aromatic rings. The van der Waals surface area contributed by atoms with E-state index in [4.69, 9.17) is 5.73 Å². The fourth-order valence-corrected chi connectivity index (χ4v) is 2.90. The minimum Gasteiger partial charge on any atom is -0.349 e. The summed E-state index contributed by atoms with van der Waals surface area (Å²) in [5.41, 5.74) is 6.92. The second-order valence-corrected chi connectivity index (χ2v) is 5.74. The largest absolute Gasteiger partial charge is 0.349 e. The van der Waals surface area contributed by atoms with Crippen molar-refractivity contribution >= 4 is 5.91 Å². The zero-order valence-electron chi connectivity index (χ0n) is 12.7. The monoisotopic (exact) mass is 284 g/mol. The fourth-order valence-electron chi connectivity index (χ4n) is 2.90. The number of amides is 1. The molecule has 0 aliphatic heterocycles. The van der Waals surface area contributed by atoms with Crippen molar-refractivity contribution in [2.75, 3.05) is 6.54 Å². The van der Waals surface area contributed by atoms with Gasteiger partial charge < -0.3 is 11.1 Å². The number of benzene rings is 1. The van der Waals surface area contributed by atoms with Crippen LogP contribution >= 0.6 is 0 Å². The van der Waals surface area contributed by atoms with Gasteiger partial charge in [-0.3, -0.25) is 4.79 Å². The number of carbonyl (C=O) groups excluding carboxylic acids is 1. The molecular weight excluding hydrogens is 260 g/mol. The molecule has 1 saturated carbocycles. The predicted molar refractivity (Wildman–Crippen MR) is 85.9 cm³/mol. The Bertz CT molecular complexity index is 518. The number of nitrogens with one attached hydrogen (secondary N) is 1. The third-order valence-corrected chi connectivity index (χ3v) is 4.20. The van der Waals surface area contributed by atoms with E-state index in [0.717, 1.165) is 5.56 Å². The summed E-state index contributed by atoms with van der Waals surface area (Å²) in [5, 5.41) is 3.13. The highest BCUT2D eigenvalue weighted by Crippen LogP contribution is 2.26. The summed E-state index contributed by atoms with van der Waals surface area (Å²) in [5.74, 6) is 6.39. The highest BCUT2D eigenvalue weighted by atomic mass is 16.1. The predicted octanol–water partition coefficient (Wildman–Crippen LogP) is 2.70. The van der Waals surface area contributed by atoms with E-state index in [0.29, 0.717) is 18.0 Å². The van der Waals surface area contributed by atoms with E-state index < -0.39 is 0 Å². The van der Waals surface area contributed by atoms with E-state index in [-0.39, 0.29) is 11.9 Å². The molecule has 112 valence electrons. The number of rotatable bonds is 3. The van der Waals surface area contributed by atoms with Crippen LogP contribution in [0, 0.1) is 17.8 Å². The first-order valence-corrected chi connectivity index (χ1v) is 7.80. The summed E-state index contributed by atoms with van der Waals surface area (Å²) in [7, 11) is 0. The highest BCUT2D eigenvalue weighted by molar-refractivity contribution is 5.94. The molecule has 1 atom stereocenters. The third kappa shape index (κ3) is 4.61. The molecule has 1 amide bonds. The molecule has 21 heavy (non-hydrogen) atoms. The smallest absolute Gasteiger partial charge is 0.251 e. The number of nitrogens with two attached hydrogens (primary N) is 1. The van der Waals surface area contributed by atoms with Gasteiger partial charge in [-0.25, -0.2) is 0 Å². The Labute approximate surface area is 127 Å². The van der Waals surface area contributed by atoms with Gasteiger partial charge in [-0.2, -0.15) is 0 Å². The summed E-state index contributed by atoms with van der Waals surface area (Å²) in [6, 6.07) is 7.62. The average Bonchev–Trinajstić information content (AvgIpc) is 2.54. The third-order valence-electron chi connectivity index (χ3n) is 4.20. The zero-order chi connectivity index (χ0) is 15.1. The van der Waals surface area contributed by atoms with Crippen molar-refractivity contribution in [1.82, 2.24) is 5.32 Å². The first kappa shape index (κ1) is 15.6. The first-order valence-electron chi connectivity index (χ1n) is 7.80.